The molecule has 0 aromatic rings. The molecule has 0 spiro atoms. The first kappa shape index (κ1) is 22.1. The second kappa shape index (κ2) is 7.24. The number of nitrogens with one attached hydrogen (secondary N) is 2. The molecule has 4 bridgehead atoms. The first-order valence-corrected chi connectivity index (χ1v) is 12.5. The fraction of sp³-hybridized carbons (Fsp3) is 0.923. The second-order valence-corrected chi connectivity index (χ2v) is 12.6. The zero-order chi connectivity index (χ0) is 21.9. The maximum atomic E-state index is 12.7. The second-order valence-electron chi connectivity index (χ2n) is 12.6. The Morgan fingerprint density at radius 1 is 0.833 bits per heavy atom. The maximum Gasteiger partial charge on any atom is 0.220 e. The molecule has 170 valence electrons. The molecule has 0 radical (unpaired) electrons. The van der Waals surface area contributed by atoms with Crippen molar-refractivity contribution in [3.63, 3.8) is 0 Å². The normalized spacial score (nSPS) is 42.5. The van der Waals surface area contributed by atoms with Crippen LogP contribution in [-0.4, -0.2) is 23.4 Å². The smallest absolute Gasteiger partial charge is 0.220 e. The SMILES string of the molecule is C[C@H]1C[C@H]2CC[C@@]1(NC(=O)CCCCC(=O)N[C@@H]1C[C@H]3CC[C@@]1(C)C3(C)C)C2(C)C. The van der Waals surface area contributed by atoms with Gasteiger partial charge in [0.1, 0.15) is 0 Å². The average molecular weight is 417 g/mol. The Morgan fingerprint density at radius 2 is 1.43 bits per heavy atom. The Hall–Kier alpha value is -1.06. The Bertz CT molecular complexity index is 714. The molecule has 4 saturated carbocycles. The number of hydrogen-bond acceptors (Lipinski definition) is 2. The molecule has 4 nitrogen and oxygen atoms in total. The van der Waals surface area contributed by atoms with Gasteiger partial charge in [-0.15, -0.1) is 0 Å². The lowest BCUT2D eigenvalue weighted by molar-refractivity contribution is -0.126. The molecule has 30 heavy (non-hydrogen) atoms. The van der Waals surface area contributed by atoms with E-state index in [0.717, 1.165) is 37.5 Å². The Morgan fingerprint density at radius 3 is 1.93 bits per heavy atom. The van der Waals surface area contributed by atoms with E-state index in [2.05, 4.69) is 52.2 Å². The summed E-state index contributed by atoms with van der Waals surface area (Å²) in [4.78, 5) is 25.3. The summed E-state index contributed by atoms with van der Waals surface area (Å²) >= 11 is 0. The predicted molar refractivity (Wildman–Crippen MR) is 121 cm³/mol. The summed E-state index contributed by atoms with van der Waals surface area (Å²) in [6, 6.07) is 0.322. The molecule has 0 aromatic heterocycles. The van der Waals surface area contributed by atoms with Crippen LogP contribution in [0.2, 0.25) is 0 Å². The van der Waals surface area contributed by atoms with Gasteiger partial charge in [-0.05, 0) is 85.4 Å². The molecule has 4 aliphatic carbocycles. The van der Waals surface area contributed by atoms with Crippen molar-refractivity contribution in [3.05, 3.63) is 0 Å². The number of carbonyl (C=O) groups is 2. The number of hydrogen-bond donors (Lipinski definition) is 2. The van der Waals surface area contributed by atoms with Crippen molar-refractivity contribution in [3.8, 4) is 0 Å². The minimum atomic E-state index is -0.0177. The van der Waals surface area contributed by atoms with Crippen LogP contribution in [0.3, 0.4) is 0 Å². The van der Waals surface area contributed by atoms with E-state index in [9.17, 15) is 9.59 Å². The molecule has 0 aromatic carbocycles. The van der Waals surface area contributed by atoms with E-state index in [4.69, 9.17) is 0 Å². The molecule has 0 unspecified atom stereocenters. The summed E-state index contributed by atoms with van der Waals surface area (Å²) in [5, 5.41) is 6.81. The predicted octanol–water partition coefficient (Wildman–Crippen LogP) is 5.21. The van der Waals surface area contributed by atoms with Gasteiger partial charge in [0.2, 0.25) is 11.8 Å². The molecule has 2 amide bonds. The van der Waals surface area contributed by atoms with Crippen LogP contribution in [0.1, 0.15) is 106 Å². The molecule has 2 N–H and O–H groups in total. The third-order valence-corrected chi connectivity index (χ3v) is 11.1. The lowest BCUT2D eigenvalue weighted by Gasteiger charge is -2.42. The summed E-state index contributed by atoms with van der Waals surface area (Å²) < 4.78 is 0. The van der Waals surface area contributed by atoms with Gasteiger partial charge in [-0.1, -0.05) is 41.5 Å². The first-order chi connectivity index (χ1) is 13.9. The van der Waals surface area contributed by atoms with Gasteiger partial charge < -0.3 is 10.6 Å². The van der Waals surface area contributed by atoms with Crippen molar-refractivity contribution in [2.75, 3.05) is 0 Å². The van der Waals surface area contributed by atoms with E-state index < -0.39 is 0 Å². The lowest BCUT2D eigenvalue weighted by Crippen LogP contribution is -2.56. The molecule has 0 aliphatic heterocycles. The summed E-state index contributed by atoms with van der Waals surface area (Å²) in [5.74, 6) is 2.41. The number of amides is 2. The Kier molecular flexibility index (Phi) is 5.34. The molecule has 6 atom stereocenters. The molecular formula is C26H44N2O2. The van der Waals surface area contributed by atoms with E-state index >= 15 is 0 Å². The highest BCUT2D eigenvalue weighted by molar-refractivity contribution is 5.78. The van der Waals surface area contributed by atoms with Crippen molar-refractivity contribution < 1.29 is 9.59 Å². The quantitative estimate of drug-likeness (QED) is 0.560. The average Bonchev–Trinajstić information content (AvgIpc) is 3.18. The first-order valence-electron chi connectivity index (χ1n) is 12.5. The van der Waals surface area contributed by atoms with E-state index in [0.29, 0.717) is 30.2 Å². The van der Waals surface area contributed by atoms with Crippen LogP contribution in [0.15, 0.2) is 0 Å². The number of rotatable bonds is 7. The Balaban J connectivity index is 1.20. The summed E-state index contributed by atoms with van der Waals surface area (Å²) in [6.45, 7) is 14.1. The van der Waals surface area contributed by atoms with Gasteiger partial charge in [0.05, 0.1) is 0 Å². The van der Waals surface area contributed by atoms with Crippen LogP contribution in [-0.2, 0) is 9.59 Å². The third-order valence-electron chi connectivity index (χ3n) is 11.1. The fourth-order valence-electron chi connectivity index (χ4n) is 8.29. The van der Waals surface area contributed by atoms with E-state index in [1.54, 1.807) is 0 Å². The lowest BCUT2D eigenvalue weighted by atomic mass is 9.69. The molecule has 4 rings (SSSR count). The third kappa shape index (κ3) is 3.06. The van der Waals surface area contributed by atoms with Crippen LogP contribution in [0, 0.1) is 34.0 Å². The highest BCUT2D eigenvalue weighted by Crippen LogP contribution is 2.65. The molecule has 0 heterocycles. The zero-order valence-corrected chi connectivity index (χ0v) is 20.2. The number of carbonyl (C=O) groups excluding carboxylic acids is 2. The van der Waals surface area contributed by atoms with Gasteiger partial charge in [0, 0.05) is 24.4 Å². The van der Waals surface area contributed by atoms with Crippen LogP contribution in [0.5, 0.6) is 0 Å². The van der Waals surface area contributed by atoms with Crippen molar-refractivity contribution in [1.82, 2.24) is 10.6 Å². The van der Waals surface area contributed by atoms with Gasteiger partial charge in [0.15, 0.2) is 0 Å². The van der Waals surface area contributed by atoms with Crippen molar-refractivity contribution in [1.29, 1.82) is 0 Å². The fourth-order valence-corrected chi connectivity index (χ4v) is 8.29. The number of fused-ring (bicyclic) bond motifs is 4. The van der Waals surface area contributed by atoms with Crippen LogP contribution < -0.4 is 10.6 Å². The minimum Gasteiger partial charge on any atom is -0.353 e. The monoisotopic (exact) mass is 416 g/mol. The maximum absolute atomic E-state index is 12.7. The highest BCUT2D eigenvalue weighted by Gasteiger charge is 2.63. The summed E-state index contributed by atoms with van der Waals surface area (Å²) in [6.07, 6.45) is 9.95. The number of unbranched alkanes of at least 4 members (excludes halogenated alkanes) is 1. The molecule has 4 fully saturated rings. The van der Waals surface area contributed by atoms with Crippen LogP contribution in [0.25, 0.3) is 0 Å². The van der Waals surface area contributed by atoms with E-state index in [-0.39, 0.29) is 28.2 Å². The molecular weight excluding hydrogens is 372 g/mol. The molecule has 4 heteroatoms. The highest BCUT2D eigenvalue weighted by atomic mass is 16.2. The van der Waals surface area contributed by atoms with Crippen molar-refractivity contribution in [2.45, 2.75) is 117 Å². The summed E-state index contributed by atoms with van der Waals surface area (Å²) in [7, 11) is 0. The van der Waals surface area contributed by atoms with Crippen LogP contribution >= 0.6 is 0 Å². The molecule has 4 aliphatic rings. The van der Waals surface area contributed by atoms with Gasteiger partial charge in [-0.25, -0.2) is 0 Å². The van der Waals surface area contributed by atoms with Crippen LogP contribution in [0.4, 0.5) is 0 Å². The van der Waals surface area contributed by atoms with E-state index in [1.807, 2.05) is 0 Å². The van der Waals surface area contributed by atoms with Gasteiger partial charge in [-0.2, -0.15) is 0 Å². The standard InChI is InChI=1S/C26H44N2O2/c1-17-15-18-12-14-26(17,24(18,4)5)28-22(30)10-8-7-9-21(29)27-20-16-19-11-13-25(20,6)23(19,2)3/h17-20H,7-16H2,1-6H3,(H,27,29)(H,28,30)/t17-,18+,19+,20+,25+,26-/m0/s1. The Labute approximate surface area is 183 Å². The van der Waals surface area contributed by atoms with E-state index in [1.165, 1.54) is 25.7 Å². The van der Waals surface area contributed by atoms with Gasteiger partial charge >= 0.3 is 0 Å². The largest absolute Gasteiger partial charge is 0.353 e. The van der Waals surface area contributed by atoms with Crippen molar-refractivity contribution in [2.24, 2.45) is 34.0 Å². The molecule has 0 saturated heterocycles. The minimum absolute atomic E-state index is 0.0177. The van der Waals surface area contributed by atoms with Gasteiger partial charge in [-0.3, -0.25) is 9.59 Å². The summed E-state index contributed by atoms with van der Waals surface area (Å²) in [5.41, 5.74) is 0.742. The zero-order valence-electron chi connectivity index (χ0n) is 20.2. The van der Waals surface area contributed by atoms with Crippen molar-refractivity contribution >= 4 is 11.8 Å². The topological polar surface area (TPSA) is 58.2 Å². The van der Waals surface area contributed by atoms with Gasteiger partial charge in [0.25, 0.3) is 0 Å².